The number of aromatic nitrogens is 4. The molecule has 0 spiro atoms. The number of likely N-dealkylation sites (tertiary alicyclic amines) is 1. The number of carbonyl (C=O) groups excluding carboxylic acids is 1. The summed E-state index contributed by atoms with van der Waals surface area (Å²) < 4.78 is 21.0. The Labute approximate surface area is 164 Å². The maximum atomic E-state index is 13.7. The predicted molar refractivity (Wildman–Crippen MR) is 102 cm³/mol. The van der Waals surface area contributed by atoms with Gasteiger partial charge in [0.2, 0.25) is 0 Å². The van der Waals surface area contributed by atoms with E-state index in [1.807, 2.05) is 19.9 Å². The fourth-order valence-electron chi connectivity index (χ4n) is 4.20. The highest BCUT2D eigenvalue weighted by molar-refractivity contribution is 5.96. The maximum absolute atomic E-state index is 13.7. The third kappa shape index (κ3) is 3.45. The summed E-state index contributed by atoms with van der Waals surface area (Å²) in [5.74, 6) is 1.57. The lowest BCUT2D eigenvalue weighted by atomic mass is 9.97. The summed E-state index contributed by atoms with van der Waals surface area (Å²) in [5, 5.41) is 7.30. The van der Waals surface area contributed by atoms with E-state index in [1.165, 1.54) is 0 Å². The van der Waals surface area contributed by atoms with Gasteiger partial charge in [0.1, 0.15) is 5.82 Å². The Bertz CT molecular complexity index is 857. The zero-order valence-corrected chi connectivity index (χ0v) is 16.7. The number of carbonyl (C=O) groups is 1. The molecule has 2 fully saturated rings. The number of hydrogen-bond acceptors (Lipinski definition) is 4. The number of nitrogens with zero attached hydrogens (tertiary/aromatic N) is 4. The molecule has 1 aliphatic heterocycles. The molecule has 2 aromatic heterocycles. The smallest absolute Gasteiger partial charge is 0.255 e. The molecule has 1 aliphatic carbocycles. The van der Waals surface area contributed by atoms with Crippen molar-refractivity contribution in [1.29, 1.82) is 0 Å². The molecule has 1 amide bonds. The first-order valence-corrected chi connectivity index (χ1v) is 9.96. The van der Waals surface area contributed by atoms with Crippen LogP contribution < -0.4 is 0 Å². The van der Waals surface area contributed by atoms with Crippen molar-refractivity contribution < 1.29 is 13.9 Å². The average molecular weight is 389 g/mol. The van der Waals surface area contributed by atoms with E-state index in [1.54, 1.807) is 12.0 Å². The number of aromatic amines is 1. The number of amides is 1. The lowest BCUT2D eigenvalue weighted by Gasteiger charge is -2.16. The van der Waals surface area contributed by atoms with E-state index in [4.69, 9.17) is 4.74 Å². The summed E-state index contributed by atoms with van der Waals surface area (Å²) in [7, 11) is 1.67. The number of ether oxygens (including phenoxy) is 1. The summed E-state index contributed by atoms with van der Waals surface area (Å²) in [6.07, 6.45) is 2.25. The molecule has 0 radical (unpaired) electrons. The minimum Gasteiger partial charge on any atom is -0.383 e. The van der Waals surface area contributed by atoms with E-state index in [-0.39, 0.29) is 17.7 Å². The molecule has 2 atom stereocenters. The van der Waals surface area contributed by atoms with Gasteiger partial charge in [-0.25, -0.2) is 4.98 Å². The van der Waals surface area contributed by atoms with Gasteiger partial charge in [0.25, 0.3) is 5.91 Å². The van der Waals surface area contributed by atoms with Gasteiger partial charge in [0.05, 0.1) is 18.8 Å². The molecule has 28 heavy (non-hydrogen) atoms. The second-order valence-electron chi connectivity index (χ2n) is 8.01. The van der Waals surface area contributed by atoms with Gasteiger partial charge >= 0.3 is 0 Å². The quantitative estimate of drug-likeness (QED) is 0.790. The highest BCUT2D eigenvalue weighted by Gasteiger charge is 2.40. The Balaban J connectivity index is 1.52. The number of halogens is 1. The van der Waals surface area contributed by atoms with E-state index in [9.17, 15) is 9.18 Å². The number of nitrogens with one attached hydrogen (secondary N) is 1. The van der Waals surface area contributed by atoms with Crippen LogP contribution in [0, 0.1) is 19.8 Å². The summed E-state index contributed by atoms with van der Waals surface area (Å²) in [4.78, 5) is 19.5. The summed E-state index contributed by atoms with van der Waals surface area (Å²) >= 11 is 0. The molecule has 2 aliphatic rings. The Morgan fingerprint density at radius 1 is 1.36 bits per heavy atom. The number of rotatable bonds is 7. The zero-order chi connectivity index (χ0) is 19.8. The van der Waals surface area contributed by atoms with Crippen LogP contribution in [0.2, 0.25) is 0 Å². The van der Waals surface area contributed by atoms with Crippen LogP contribution in [0.4, 0.5) is 4.39 Å². The third-order valence-corrected chi connectivity index (χ3v) is 6.06. The largest absolute Gasteiger partial charge is 0.383 e. The zero-order valence-electron chi connectivity index (χ0n) is 16.7. The first kappa shape index (κ1) is 19.1. The third-order valence-electron chi connectivity index (χ3n) is 6.06. The van der Waals surface area contributed by atoms with Gasteiger partial charge in [-0.2, -0.15) is 5.10 Å². The fraction of sp³-hybridized carbons (Fsp3) is 0.650. The highest BCUT2D eigenvalue weighted by atomic mass is 19.1. The maximum Gasteiger partial charge on any atom is 0.255 e. The Morgan fingerprint density at radius 2 is 2.14 bits per heavy atom. The van der Waals surface area contributed by atoms with E-state index in [0.717, 1.165) is 30.1 Å². The van der Waals surface area contributed by atoms with Gasteiger partial charge in [-0.1, -0.05) is 0 Å². The Hall–Kier alpha value is -2.22. The van der Waals surface area contributed by atoms with E-state index < -0.39 is 6.67 Å². The van der Waals surface area contributed by atoms with Crippen LogP contribution in [0.3, 0.4) is 0 Å². The topological polar surface area (TPSA) is 76.0 Å². The van der Waals surface area contributed by atoms with E-state index in [0.29, 0.717) is 43.5 Å². The lowest BCUT2D eigenvalue weighted by Crippen LogP contribution is -2.29. The SMILES string of the molecule is COCCn1c(C)cc(C(=O)N2C[C@@H](CF)[C@H](c3nc(C4CC4)n[nH]3)C2)c1C. The van der Waals surface area contributed by atoms with Crippen LogP contribution in [0.1, 0.15) is 58.1 Å². The molecule has 1 saturated carbocycles. The fourth-order valence-corrected chi connectivity index (χ4v) is 4.20. The van der Waals surface area contributed by atoms with Gasteiger partial charge < -0.3 is 14.2 Å². The van der Waals surface area contributed by atoms with Gasteiger partial charge in [-0.15, -0.1) is 0 Å². The van der Waals surface area contributed by atoms with Crippen molar-refractivity contribution in [2.45, 2.75) is 45.1 Å². The number of hydrogen-bond donors (Lipinski definition) is 1. The van der Waals surface area contributed by atoms with E-state index >= 15 is 0 Å². The molecule has 8 heteroatoms. The van der Waals surface area contributed by atoms with Crippen molar-refractivity contribution in [1.82, 2.24) is 24.6 Å². The molecule has 0 aromatic carbocycles. The molecule has 152 valence electrons. The summed E-state index contributed by atoms with van der Waals surface area (Å²) in [6.45, 7) is 5.64. The molecule has 7 nitrogen and oxygen atoms in total. The molecule has 1 saturated heterocycles. The van der Waals surface area contributed by atoms with E-state index in [2.05, 4.69) is 19.7 Å². The minimum atomic E-state index is -0.471. The summed E-state index contributed by atoms with van der Waals surface area (Å²) in [6, 6.07) is 1.92. The van der Waals surface area contributed by atoms with Gasteiger partial charge in [0, 0.05) is 55.9 Å². The number of methoxy groups -OCH3 is 1. The minimum absolute atomic E-state index is 0.0420. The molecule has 0 unspecified atom stereocenters. The van der Waals surface area contributed by atoms with Crippen LogP contribution in [0.5, 0.6) is 0 Å². The van der Waals surface area contributed by atoms with Crippen molar-refractivity contribution in [3.8, 4) is 0 Å². The number of alkyl halides is 1. The predicted octanol–water partition coefficient (Wildman–Crippen LogP) is 2.57. The normalized spacial score (nSPS) is 22.2. The van der Waals surface area contributed by atoms with Crippen molar-refractivity contribution in [3.05, 3.63) is 34.7 Å². The second-order valence-corrected chi connectivity index (χ2v) is 8.01. The molecule has 3 heterocycles. The molecule has 2 aromatic rings. The van der Waals surface area contributed by atoms with Gasteiger partial charge in [-0.05, 0) is 32.8 Å². The lowest BCUT2D eigenvalue weighted by molar-refractivity contribution is 0.0783. The van der Waals surface area contributed by atoms with Crippen molar-refractivity contribution in [2.24, 2.45) is 5.92 Å². The van der Waals surface area contributed by atoms with Crippen LogP contribution in [0.15, 0.2) is 6.07 Å². The van der Waals surface area contributed by atoms with Crippen LogP contribution in [-0.2, 0) is 11.3 Å². The van der Waals surface area contributed by atoms with Crippen LogP contribution in [-0.4, -0.2) is 64.0 Å². The Kier molecular flexibility index (Phi) is 5.23. The van der Waals surface area contributed by atoms with Crippen LogP contribution >= 0.6 is 0 Å². The first-order valence-electron chi connectivity index (χ1n) is 9.96. The van der Waals surface area contributed by atoms with Gasteiger partial charge in [0.15, 0.2) is 5.82 Å². The number of H-pyrrole nitrogens is 1. The highest BCUT2D eigenvalue weighted by Crippen LogP contribution is 2.39. The molecule has 0 bridgehead atoms. The standard InChI is InChI=1S/C20H28FN5O2/c1-12-8-16(13(2)26(12)6-7-28-3)20(27)25-10-15(9-21)17(11-25)19-22-18(23-24-19)14-4-5-14/h8,14-15,17H,4-7,9-11H2,1-3H3,(H,22,23,24)/t15-,17-/m1/s1. The second kappa shape index (κ2) is 7.66. The average Bonchev–Trinajstić information content (AvgIpc) is 3.15. The Morgan fingerprint density at radius 3 is 2.82 bits per heavy atom. The first-order chi connectivity index (χ1) is 13.5. The molecular weight excluding hydrogens is 361 g/mol. The van der Waals surface area contributed by atoms with Crippen molar-refractivity contribution in [2.75, 3.05) is 33.5 Å². The van der Waals surface area contributed by atoms with Gasteiger partial charge in [-0.3, -0.25) is 14.3 Å². The molecular formula is C20H28FN5O2. The molecule has 1 N–H and O–H groups in total. The summed E-state index contributed by atoms with van der Waals surface area (Å²) in [5.41, 5.74) is 2.64. The van der Waals surface area contributed by atoms with Crippen LogP contribution in [0.25, 0.3) is 0 Å². The van der Waals surface area contributed by atoms with Crippen molar-refractivity contribution >= 4 is 5.91 Å². The van der Waals surface area contributed by atoms with Crippen molar-refractivity contribution in [3.63, 3.8) is 0 Å². The molecule has 4 rings (SSSR count). The monoisotopic (exact) mass is 389 g/mol. The number of aryl methyl sites for hydroxylation is 1.